The van der Waals surface area contributed by atoms with Gasteiger partial charge in [0.15, 0.2) is 6.10 Å². The Balaban J connectivity index is 4.22. The molecule has 0 spiro atoms. The molecule has 0 bridgehead atoms. The van der Waals surface area contributed by atoms with Crippen molar-refractivity contribution in [1.29, 1.82) is 0 Å². The lowest BCUT2D eigenvalue weighted by molar-refractivity contribution is -0.167. The van der Waals surface area contributed by atoms with Crippen LogP contribution in [0.25, 0.3) is 0 Å². The normalized spacial score (nSPS) is 13.2. The summed E-state index contributed by atoms with van der Waals surface area (Å²) in [5, 5.41) is 0. The van der Waals surface area contributed by atoms with Crippen molar-refractivity contribution in [2.45, 2.75) is 284 Å². The molecule has 0 aliphatic heterocycles. The molecule has 0 radical (unpaired) electrons. The molecule has 466 valence electrons. The smallest absolute Gasteiger partial charge is 0.306 e. The third-order valence-electron chi connectivity index (χ3n) is 13.7. The molecule has 1 atom stereocenters. The van der Waals surface area contributed by atoms with Crippen molar-refractivity contribution < 1.29 is 28.6 Å². The summed E-state index contributed by atoms with van der Waals surface area (Å²) in [6, 6.07) is 0. The van der Waals surface area contributed by atoms with Crippen molar-refractivity contribution in [3.05, 3.63) is 170 Å². The van der Waals surface area contributed by atoms with E-state index in [1.54, 1.807) is 0 Å². The van der Waals surface area contributed by atoms with Gasteiger partial charge in [-0.05, 0) is 135 Å². The zero-order valence-electron chi connectivity index (χ0n) is 53.4. The van der Waals surface area contributed by atoms with Crippen LogP contribution in [0.4, 0.5) is 0 Å². The molecule has 0 fully saturated rings. The van der Waals surface area contributed by atoms with Crippen LogP contribution in [-0.4, -0.2) is 37.2 Å². The molecule has 83 heavy (non-hydrogen) atoms. The summed E-state index contributed by atoms with van der Waals surface area (Å²) < 4.78 is 16.8. The lowest BCUT2D eigenvalue weighted by atomic mass is 10.1. The number of hydrogen-bond donors (Lipinski definition) is 0. The lowest BCUT2D eigenvalue weighted by Crippen LogP contribution is -2.30. The van der Waals surface area contributed by atoms with Gasteiger partial charge in [0.2, 0.25) is 0 Å². The highest BCUT2D eigenvalue weighted by atomic mass is 16.6. The summed E-state index contributed by atoms with van der Waals surface area (Å²) in [5.74, 6) is -0.929. The van der Waals surface area contributed by atoms with E-state index in [2.05, 4.69) is 191 Å². The van der Waals surface area contributed by atoms with Gasteiger partial charge in [0.05, 0.1) is 0 Å². The van der Waals surface area contributed by atoms with Crippen molar-refractivity contribution >= 4 is 17.9 Å². The van der Waals surface area contributed by atoms with Crippen LogP contribution in [-0.2, 0) is 28.6 Å². The van der Waals surface area contributed by atoms with Crippen LogP contribution in [0.15, 0.2) is 170 Å². The Hall–Kier alpha value is -5.23. The van der Waals surface area contributed by atoms with Gasteiger partial charge in [0.1, 0.15) is 13.2 Å². The number of ether oxygens (including phenoxy) is 3. The van der Waals surface area contributed by atoms with E-state index in [0.29, 0.717) is 19.3 Å². The van der Waals surface area contributed by atoms with E-state index in [4.69, 9.17) is 14.2 Å². The fraction of sp³-hybridized carbons (Fsp3) is 0.597. The van der Waals surface area contributed by atoms with Gasteiger partial charge in [0.25, 0.3) is 0 Å². The average Bonchev–Trinajstić information content (AvgIpc) is 3.50. The molecule has 0 aliphatic carbocycles. The summed E-state index contributed by atoms with van der Waals surface area (Å²) in [5.41, 5.74) is 0. The van der Waals surface area contributed by atoms with Crippen molar-refractivity contribution in [1.82, 2.24) is 0 Å². The highest BCUT2D eigenvalue weighted by Gasteiger charge is 2.19. The Bertz CT molecular complexity index is 1890. The largest absolute Gasteiger partial charge is 0.462 e. The van der Waals surface area contributed by atoms with Gasteiger partial charge in [-0.1, -0.05) is 294 Å². The minimum atomic E-state index is -0.798. The maximum atomic E-state index is 12.9. The Labute approximate surface area is 511 Å². The number of allylic oxidation sites excluding steroid dienone is 28. The molecule has 0 rings (SSSR count). The lowest BCUT2D eigenvalue weighted by Gasteiger charge is -2.18. The first-order valence-electron chi connectivity index (χ1n) is 33.6. The minimum absolute atomic E-state index is 0.0935. The van der Waals surface area contributed by atoms with Crippen molar-refractivity contribution in [2.75, 3.05) is 13.2 Å². The van der Waals surface area contributed by atoms with Gasteiger partial charge in [-0.25, -0.2) is 0 Å². The fourth-order valence-corrected chi connectivity index (χ4v) is 8.76. The predicted octanol–water partition coefficient (Wildman–Crippen LogP) is 23.4. The van der Waals surface area contributed by atoms with Gasteiger partial charge in [-0.3, -0.25) is 14.4 Å². The fourth-order valence-electron chi connectivity index (χ4n) is 8.76. The first-order valence-corrected chi connectivity index (χ1v) is 33.6. The minimum Gasteiger partial charge on any atom is -0.462 e. The Morgan fingerprint density at radius 3 is 0.735 bits per heavy atom. The second-order valence-corrected chi connectivity index (χ2v) is 21.6. The molecule has 0 aromatic rings. The highest BCUT2D eigenvalue weighted by Crippen LogP contribution is 2.15. The number of unbranched alkanes of at least 4 members (excludes halogenated alkanes) is 20. The molecule has 0 N–H and O–H groups in total. The number of rotatable bonds is 59. The van der Waals surface area contributed by atoms with E-state index in [9.17, 15) is 14.4 Å². The molecular formula is C77H122O6. The average molecular weight is 1140 g/mol. The van der Waals surface area contributed by atoms with E-state index in [0.717, 1.165) is 173 Å². The van der Waals surface area contributed by atoms with Gasteiger partial charge >= 0.3 is 17.9 Å². The Morgan fingerprint density at radius 1 is 0.253 bits per heavy atom. The molecule has 0 aliphatic rings. The monoisotopic (exact) mass is 1140 g/mol. The van der Waals surface area contributed by atoms with Crippen LogP contribution < -0.4 is 0 Å². The molecule has 0 aromatic heterocycles. The van der Waals surface area contributed by atoms with Gasteiger partial charge < -0.3 is 14.2 Å². The summed E-state index contributed by atoms with van der Waals surface area (Å²) in [7, 11) is 0. The zero-order valence-corrected chi connectivity index (χ0v) is 53.4. The Morgan fingerprint density at radius 2 is 0.470 bits per heavy atom. The summed E-state index contributed by atoms with van der Waals surface area (Å²) >= 11 is 0. The van der Waals surface area contributed by atoms with Gasteiger partial charge in [0, 0.05) is 19.3 Å². The maximum Gasteiger partial charge on any atom is 0.306 e. The first-order chi connectivity index (χ1) is 41.0. The van der Waals surface area contributed by atoms with Crippen molar-refractivity contribution in [3.63, 3.8) is 0 Å². The molecule has 0 heterocycles. The van der Waals surface area contributed by atoms with Crippen LogP contribution in [0.2, 0.25) is 0 Å². The van der Waals surface area contributed by atoms with Crippen molar-refractivity contribution in [2.24, 2.45) is 0 Å². The molecule has 6 heteroatoms. The highest BCUT2D eigenvalue weighted by molar-refractivity contribution is 5.71. The number of carbonyl (C=O) groups excluding carboxylic acids is 3. The SMILES string of the molecule is CC/C=C\C/C=C\C/C=C\C/C=C\C/C=C\C/C=C\C/C=C\CCCCCCCCCCCC(=O)OCC(COC(=O)CCCCCCCCC)OC(=O)CCCCCCC/C=C\C/C=C\C/C=C\C/C=C\C/C=C\C/C=C\C/C=C\CC. The molecular weight excluding hydrogens is 1020 g/mol. The molecule has 6 nitrogen and oxygen atoms in total. The van der Waals surface area contributed by atoms with Crippen LogP contribution >= 0.6 is 0 Å². The quantitative estimate of drug-likeness (QED) is 0.0261. The Kier molecular flexibility index (Phi) is 64.9. The number of esters is 3. The second-order valence-electron chi connectivity index (χ2n) is 21.6. The maximum absolute atomic E-state index is 12.9. The van der Waals surface area contributed by atoms with Gasteiger partial charge in [-0.2, -0.15) is 0 Å². The number of hydrogen-bond acceptors (Lipinski definition) is 6. The first kappa shape index (κ1) is 77.8. The van der Waals surface area contributed by atoms with E-state index in [1.807, 2.05) is 0 Å². The molecule has 0 saturated heterocycles. The summed E-state index contributed by atoms with van der Waals surface area (Å²) in [4.78, 5) is 38.2. The third kappa shape index (κ3) is 67.4. The van der Waals surface area contributed by atoms with E-state index < -0.39 is 6.10 Å². The number of carbonyl (C=O) groups is 3. The molecule has 0 amide bonds. The van der Waals surface area contributed by atoms with Crippen LogP contribution in [0.5, 0.6) is 0 Å². The molecule has 0 aromatic carbocycles. The zero-order chi connectivity index (χ0) is 59.9. The van der Waals surface area contributed by atoms with E-state index in [1.165, 1.54) is 64.2 Å². The van der Waals surface area contributed by atoms with Crippen LogP contribution in [0, 0.1) is 0 Å². The van der Waals surface area contributed by atoms with E-state index in [-0.39, 0.29) is 31.1 Å². The predicted molar refractivity (Wildman–Crippen MR) is 361 cm³/mol. The summed E-state index contributed by atoms with van der Waals surface area (Å²) in [6.45, 7) is 6.34. The topological polar surface area (TPSA) is 78.9 Å². The summed E-state index contributed by atoms with van der Waals surface area (Å²) in [6.07, 6.45) is 102. The molecule has 0 saturated carbocycles. The van der Waals surface area contributed by atoms with Crippen LogP contribution in [0.1, 0.15) is 278 Å². The van der Waals surface area contributed by atoms with E-state index >= 15 is 0 Å². The third-order valence-corrected chi connectivity index (χ3v) is 13.7. The standard InChI is InChI=1S/C77H122O6/c1-4-7-10-13-16-18-20-22-24-26-28-30-32-34-36-37-38-39-41-42-44-46-48-50-52-54-56-58-61-64-67-70-76(79)82-73-74(72-81-75(78)69-66-63-60-15-12-9-6-3)83-77(80)71-68-65-62-59-57-55-53-51-49-47-45-43-40-35-33-31-29-27-25-23-21-19-17-14-11-8-5-2/h7-8,10-11,16-19,22-25,28-31,34-36,38-40,42,44-45,47,51,53,74H,4-6,9,12-15,20-21,26-27,32-33,37,41,43,46,48-50,52,54-73H2,1-3H3/b10-7-,11-8-,18-16-,19-17-,24-22-,25-23-,30-28-,31-29-,36-34-,39-38-,40-35-,44-42-,47-45-,53-51-. The van der Waals surface area contributed by atoms with Crippen molar-refractivity contribution in [3.8, 4) is 0 Å². The van der Waals surface area contributed by atoms with Gasteiger partial charge in [-0.15, -0.1) is 0 Å². The second kappa shape index (κ2) is 69.3. The van der Waals surface area contributed by atoms with Crippen LogP contribution in [0.3, 0.4) is 0 Å². The molecule has 1 unspecified atom stereocenters.